The molecule has 4 heteroatoms. The summed E-state index contributed by atoms with van der Waals surface area (Å²) in [6.07, 6.45) is 1.77. The average molecular weight is 298 g/mol. The maximum Gasteiger partial charge on any atom is 0.165 e. The molecule has 0 bridgehead atoms. The van der Waals surface area contributed by atoms with E-state index in [1.165, 1.54) is 12.2 Å². The fourth-order valence-corrected chi connectivity index (χ4v) is 3.80. The van der Waals surface area contributed by atoms with Gasteiger partial charge in [-0.05, 0) is 18.6 Å². The summed E-state index contributed by atoms with van der Waals surface area (Å²) in [4.78, 5) is 14.5. The van der Waals surface area contributed by atoms with Gasteiger partial charge in [-0.3, -0.25) is 4.79 Å². The van der Waals surface area contributed by atoms with Crippen LogP contribution in [0.25, 0.3) is 0 Å². The zero-order valence-electron chi connectivity index (χ0n) is 11.3. The molecule has 1 atom stereocenters. The average Bonchev–Trinajstić information content (AvgIpc) is 2.45. The van der Waals surface area contributed by atoms with Gasteiger partial charge >= 0.3 is 0 Å². The fourth-order valence-electron chi connectivity index (χ4n) is 2.31. The van der Waals surface area contributed by atoms with E-state index in [1.807, 2.05) is 18.2 Å². The van der Waals surface area contributed by atoms with Crippen molar-refractivity contribution in [2.24, 2.45) is 0 Å². The lowest BCUT2D eigenvalue weighted by Gasteiger charge is -2.31. The highest BCUT2D eigenvalue weighted by Crippen LogP contribution is 2.22. The molecule has 1 aliphatic heterocycles. The van der Waals surface area contributed by atoms with Crippen LogP contribution in [0.3, 0.4) is 0 Å². The first-order valence-electron chi connectivity index (χ1n) is 6.82. The second-order valence-electron chi connectivity index (χ2n) is 4.85. The van der Waals surface area contributed by atoms with E-state index < -0.39 is 0 Å². The van der Waals surface area contributed by atoms with Crippen LogP contribution in [0.1, 0.15) is 30.1 Å². The molecule has 104 valence electrons. The van der Waals surface area contributed by atoms with E-state index in [9.17, 15) is 4.79 Å². The van der Waals surface area contributed by atoms with E-state index in [-0.39, 0.29) is 5.78 Å². The van der Waals surface area contributed by atoms with Gasteiger partial charge in [0, 0.05) is 42.6 Å². The molecule has 1 heterocycles. The van der Waals surface area contributed by atoms with Crippen molar-refractivity contribution in [1.82, 2.24) is 4.90 Å². The topological polar surface area (TPSA) is 20.3 Å². The van der Waals surface area contributed by atoms with Gasteiger partial charge in [-0.25, -0.2) is 0 Å². The smallest absolute Gasteiger partial charge is 0.165 e. The van der Waals surface area contributed by atoms with Gasteiger partial charge in [-0.15, -0.1) is 0 Å². The number of nitrogens with zero attached hydrogens (tertiary/aromatic N) is 1. The lowest BCUT2D eigenvalue weighted by atomic mass is 10.1. The summed E-state index contributed by atoms with van der Waals surface area (Å²) in [6, 6.07) is 7.31. The normalized spacial score (nSPS) is 20.4. The van der Waals surface area contributed by atoms with Crippen LogP contribution in [0.4, 0.5) is 0 Å². The van der Waals surface area contributed by atoms with Crippen LogP contribution in [0.5, 0.6) is 0 Å². The first-order chi connectivity index (χ1) is 9.20. The Morgan fingerprint density at radius 2 is 2.26 bits per heavy atom. The minimum Gasteiger partial charge on any atom is -0.301 e. The first-order valence-corrected chi connectivity index (χ1v) is 8.25. The lowest BCUT2D eigenvalue weighted by molar-refractivity contribution is 0.0965. The molecule has 1 unspecified atom stereocenters. The number of thioether (sulfide) groups is 1. The van der Waals surface area contributed by atoms with E-state index >= 15 is 0 Å². The van der Waals surface area contributed by atoms with Gasteiger partial charge in [0.25, 0.3) is 0 Å². The number of benzene rings is 1. The van der Waals surface area contributed by atoms with E-state index in [1.54, 1.807) is 6.07 Å². The molecule has 1 saturated heterocycles. The van der Waals surface area contributed by atoms with Gasteiger partial charge in [0.05, 0.1) is 5.02 Å². The molecule has 0 amide bonds. The Labute approximate surface area is 124 Å². The molecule has 0 saturated carbocycles. The molecule has 1 fully saturated rings. The summed E-state index contributed by atoms with van der Waals surface area (Å²) in [6.45, 7) is 5.28. The Bertz CT molecular complexity index is 438. The molecule has 0 aliphatic carbocycles. The Kier molecular flexibility index (Phi) is 5.74. The summed E-state index contributed by atoms with van der Waals surface area (Å²) in [5.74, 6) is 1.33. The summed E-state index contributed by atoms with van der Waals surface area (Å²) >= 11 is 8.10. The number of hydrogen-bond donors (Lipinski definition) is 0. The molecule has 0 aromatic heterocycles. The number of ketones is 1. The standard InChI is InChI=1S/C15H20ClNOS/c1-2-12-11-17(9-10-19-12)8-7-15(18)13-5-3-4-6-14(13)16/h3-6,12H,2,7-11H2,1H3. The van der Waals surface area contributed by atoms with Crippen molar-refractivity contribution in [3.63, 3.8) is 0 Å². The predicted molar refractivity (Wildman–Crippen MR) is 83.4 cm³/mol. The quantitative estimate of drug-likeness (QED) is 0.772. The molecule has 0 N–H and O–H groups in total. The molecule has 1 aromatic carbocycles. The summed E-state index contributed by atoms with van der Waals surface area (Å²) in [7, 11) is 0. The summed E-state index contributed by atoms with van der Waals surface area (Å²) in [5, 5.41) is 1.29. The monoisotopic (exact) mass is 297 g/mol. The van der Waals surface area contributed by atoms with Crippen molar-refractivity contribution >= 4 is 29.1 Å². The lowest BCUT2D eigenvalue weighted by Crippen LogP contribution is -2.38. The van der Waals surface area contributed by atoms with E-state index in [0.717, 1.165) is 24.9 Å². The Balaban J connectivity index is 1.85. The summed E-state index contributed by atoms with van der Waals surface area (Å²) < 4.78 is 0. The Hall–Kier alpha value is -0.510. The SMILES string of the molecule is CCC1CN(CCC(=O)c2ccccc2Cl)CCS1. The molecule has 2 rings (SSSR count). The van der Waals surface area contributed by atoms with Crippen LogP contribution in [-0.4, -0.2) is 41.3 Å². The number of carbonyl (C=O) groups excluding carboxylic acids is 1. The first kappa shape index (κ1) is 14.9. The third-order valence-corrected chi connectivity index (χ3v) is 5.21. The fraction of sp³-hybridized carbons (Fsp3) is 0.533. The number of halogens is 1. The molecule has 19 heavy (non-hydrogen) atoms. The second kappa shape index (κ2) is 7.32. The third-order valence-electron chi connectivity index (χ3n) is 3.51. The van der Waals surface area contributed by atoms with Crippen molar-refractivity contribution in [1.29, 1.82) is 0 Å². The molecule has 0 radical (unpaired) electrons. The zero-order valence-corrected chi connectivity index (χ0v) is 12.8. The molecule has 1 aliphatic rings. The maximum atomic E-state index is 12.1. The highest BCUT2D eigenvalue weighted by Gasteiger charge is 2.19. The minimum atomic E-state index is 0.150. The van der Waals surface area contributed by atoms with Gasteiger partial charge in [-0.2, -0.15) is 11.8 Å². The van der Waals surface area contributed by atoms with Crippen LogP contribution >= 0.6 is 23.4 Å². The Morgan fingerprint density at radius 1 is 1.47 bits per heavy atom. The third kappa shape index (κ3) is 4.23. The van der Waals surface area contributed by atoms with Gasteiger partial charge < -0.3 is 4.90 Å². The van der Waals surface area contributed by atoms with Gasteiger partial charge in [0.15, 0.2) is 5.78 Å². The highest BCUT2D eigenvalue weighted by atomic mass is 35.5. The number of Topliss-reactive ketones (excluding diaryl/α,β-unsaturated/α-hetero) is 1. The van der Waals surface area contributed by atoms with Crippen molar-refractivity contribution in [2.75, 3.05) is 25.4 Å². The summed E-state index contributed by atoms with van der Waals surface area (Å²) in [5.41, 5.74) is 0.655. The van der Waals surface area contributed by atoms with Crippen LogP contribution in [0.15, 0.2) is 24.3 Å². The van der Waals surface area contributed by atoms with Crippen LogP contribution < -0.4 is 0 Å². The molecular weight excluding hydrogens is 278 g/mol. The minimum absolute atomic E-state index is 0.150. The van der Waals surface area contributed by atoms with Crippen molar-refractivity contribution < 1.29 is 4.79 Å². The molecule has 1 aromatic rings. The van der Waals surface area contributed by atoms with Crippen LogP contribution in [0.2, 0.25) is 5.02 Å². The largest absolute Gasteiger partial charge is 0.301 e. The van der Waals surface area contributed by atoms with Crippen molar-refractivity contribution in [3.8, 4) is 0 Å². The van der Waals surface area contributed by atoms with E-state index in [2.05, 4.69) is 23.6 Å². The molecule has 0 spiro atoms. The second-order valence-corrected chi connectivity index (χ2v) is 6.67. The number of hydrogen-bond acceptors (Lipinski definition) is 3. The zero-order chi connectivity index (χ0) is 13.7. The van der Waals surface area contributed by atoms with Crippen LogP contribution in [0, 0.1) is 0 Å². The van der Waals surface area contributed by atoms with E-state index in [4.69, 9.17) is 11.6 Å². The number of carbonyl (C=O) groups is 1. The van der Waals surface area contributed by atoms with Gasteiger partial charge in [0.1, 0.15) is 0 Å². The van der Waals surface area contributed by atoms with E-state index in [0.29, 0.717) is 17.0 Å². The molecule has 2 nitrogen and oxygen atoms in total. The predicted octanol–water partition coefficient (Wildman–Crippen LogP) is 3.74. The highest BCUT2D eigenvalue weighted by molar-refractivity contribution is 8.00. The van der Waals surface area contributed by atoms with Crippen molar-refractivity contribution in [3.05, 3.63) is 34.9 Å². The Morgan fingerprint density at radius 3 is 3.00 bits per heavy atom. The maximum absolute atomic E-state index is 12.1. The van der Waals surface area contributed by atoms with Crippen LogP contribution in [-0.2, 0) is 0 Å². The number of rotatable bonds is 5. The van der Waals surface area contributed by atoms with Crippen molar-refractivity contribution in [2.45, 2.75) is 25.0 Å². The van der Waals surface area contributed by atoms with Gasteiger partial charge in [-0.1, -0.05) is 30.7 Å². The molecular formula is C15H20ClNOS. The van der Waals surface area contributed by atoms with Gasteiger partial charge in [0.2, 0.25) is 0 Å².